The fourth-order valence-corrected chi connectivity index (χ4v) is 3.07. The van der Waals surface area contributed by atoms with Gasteiger partial charge in [0.25, 0.3) is 0 Å². The van der Waals surface area contributed by atoms with Gasteiger partial charge < -0.3 is 25.4 Å². The molecule has 24 heavy (non-hydrogen) atoms. The van der Waals surface area contributed by atoms with Crippen molar-refractivity contribution in [2.75, 3.05) is 19.6 Å². The number of Topliss-reactive ketones (excluding diaryl/α,β-unsaturated/α-hetero) is 1. The van der Waals surface area contributed by atoms with E-state index in [1.54, 1.807) is 20.8 Å². The van der Waals surface area contributed by atoms with Gasteiger partial charge in [-0.2, -0.15) is 0 Å². The summed E-state index contributed by atoms with van der Waals surface area (Å²) in [6, 6.07) is -1.08. The van der Waals surface area contributed by atoms with Gasteiger partial charge in [-0.3, -0.25) is 9.59 Å². The van der Waals surface area contributed by atoms with Gasteiger partial charge in [0.15, 0.2) is 5.78 Å². The lowest BCUT2D eigenvalue weighted by molar-refractivity contribution is -0.163. The van der Waals surface area contributed by atoms with Gasteiger partial charge in [-0.1, -0.05) is 0 Å². The van der Waals surface area contributed by atoms with Crippen LogP contribution in [0.15, 0.2) is 0 Å². The molecule has 3 N–H and O–H groups in total. The van der Waals surface area contributed by atoms with Crippen molar-refractivity contribution in [3.05, 3.63) is 0 Å². The van der Waals surface area contributed by atoms with E-state index in [0.29, 0.717) is 12.8 Å². The molecule has 8 heteroatoms. The van der Waals surface area contributed by atoms with Crippen LogP contribution in [0.5, 0.6) is 0 Å². The predicted octanol–water partition coefficient (Wildman–Crippen LogP) is -0.124. The largest absolute Gasteiger partial charge is 0.444 e. The molecule has 1 saturated heterocycles. The van der Waals surface area contributed by atoms with Gasteiger partial charge in [-0.15, -0.1) is 0 Å². The Kier molecular flexibility index (Phi) is 4.92. The average molecular weight is 341 g/mol. The van der Waals surface area contributed by atoms with E-state index in [1.807, 2.05) is 0 Å². The Hall–Kier alpha value is -1.67. The fourth-order valence-electron chi connectivity index (χ4n) is 3.07. The van der Waals surface area contributed by atoms with Crippen LogP contribution < -0.4 is 5.73 Å². The number of aliphatic hydroxyl groups excluding tert-OH is 1. The molecule has 0 aromatic heterocycles. The summed E-state index contributed by atoms with van der Waals surface area (Å²) in [4.78, 5) is 40.0. The standard InChI is InChI=1S/C16H27N3O5/c1-10(20)12(17)13(22)19-8-7-18(14(23)24-15(2,3)4)9-16(19)6-5-11(16)21/h10,12,20H,5-9,17H2,1-4H3/t10-,12+,16?/m1/s1. The van der Waals surface area contributed by atoms with Crippen LogP contribution in [-0.4, -0.2) is 75.6 Å². The molecule has 1 spiro atoms. The van der Waals surface area contributed by atoms with Gasteiger partial charge in [0.2, 0.25) is 5.91 Å². The van der Waals surface area contributed by atoms with E-state index in [4.69, 9.17) is 10.5 Å². The lowest BCUT2D eigenvalue weighted by Gasteiger charge is -2.54. The van der Waals surface area contributed by atoms with Crippen molar-refractivity contribution >= 4 is 17.8 Å². The summed E-state index contributed by atoms with van der Waals surface area (Å²) in [5, 5.41) is 9.57. The Balaban J connectivity index is 2.17. The minimum Gasteiger partial charge on any atom is -0.444 e. The molecule has 8 nitrogen and oxygen atoms in total. The maximum Gasteiger partial charge on any atom is 0.410 e. The molecule has 1 unspecified atom stereocenters. The third kappa shape index (κ3) is 3.39. The summed E-state index contributed by atoms with van der Waals surface area (Å²) in [5.74, 6) is -0.538. The van der Waals surface area contributed by atoms with Crippen molar-refractivity contribution in [2.24, 2.45) is 5.73 Å². The smallest absolute Gasteiger partial charge is 0.410 e. The van der Waals surface area contributed by atoms with Crippen molar-refractivity contribution in [3.63, 3.8) is 0 Å². The van der Waals surface area contributed by atoms with Gasteiger partial charge in [-0.05, 0) is 34.1 Å². The topological polar surface area (TPSA) is 113 Å². The number of rotatable bonds is 2. The van der Waals surface area contributed by atoms with Crippen LogP contribution >= 0.6 is 0 Å². The quantitative estimate of drug-likeness (QED) is 0.724. The second-order valence-electron chi connectivity index (χ2n) is 7.61. The van der Waals surface area contributed by atoms with Gasteiger partial charge in [0, 0.05) is 19.5 Å². The first kappa shape index (κ1) is 18.7. The first-order valence-electron chi connectivity index (χ1n) is 8.24. The molecule has 3 atom stereocenters. The minimum absolute atomic E-state index is 0.0816. The van der Waals surface area contributed by atoms with Gasteiger partial charge in [0.05, 0.1) is 12.6 Å². The predicted molar refractivity (Wildman–Crippen MR) is 86.1 cm³/mol. The molecule has 2 aliphatic rings. The van der Waals surface area contributed by atoms with E-state index in [-0.39, 0.29) is 25.4 Å². The number of piperazine rings is 1. The van der Waals surface area contributed by atoms with Crippen molar-refractivity contribution in [1.82, 2.24) is 9.80 Å². The number of ether oxygens (including phenoxy) is 1. The molecule has 2 fully saturated rings. The molecule has 1 heterocycles. The van der Waals surface area contributed by atoms with Crippen LogP contribution in [0.1, 0.15) is 40.5 Å². The van der Waals surface area contributed by atoms with Crippen molar-refractivity contribution in [3.8, 4) is 0 Å². The molecule has 0 aromatic rings. The highest BCUT2D eigenvalue weighted by atomic mass is 16.6. The molecular weight excluding hydrogens is 314 g/mol. The van der Waals surface area contributed by atoms with Crippen molar-refractivity contribution in [2.45, 2.75) is 63.8 Å². The van der Waals surface area contributed by atoms with E-state index in [9.17, 15) is 19.5 Å². The molecule has 1 aliphatic heterocycles. The van der Waals surface area contributed by atoms with Gasteiger partial charge in [0.1, 0.15) is 17.2 Å². The van der Waals surface area contributed by atoms with E-state index >= 15 is 0 Å². The Labute approximate surface area is 141 Å². The summed E-state index contributed by atoms with van der Waals surface area (Å²) in [5.41, 5.74) is 4.10. The molecular formula is C16H27N3O5. The fraction of sp³-hybridized carbons (Fsp3) is 0.812. The summed E-state index contributed by atoms with van der Waals surface area (Å²) in [6.45, 7) is 7.34. The first-order valence-corrected chi connectivity index (χ1v) is 8.24. The summed E-state index contributed by atoms with van der Waals surface area (Å²) in [7, 11) is 0. The minimum atomic E-state index is -1.08. The normalized spacial score (nSPS) is 26.8. The zero-order chi connectivity index (χ0) is 18.3. The molecule has 0 bridgehead atoms. The van der Waals surface area contributed by atoms with Gasteiger partial charge >= 0.3 is 6.09 Å². The molecule has 0 aromatic carbocycles. The maximum atomic E-state index is 12.6. The monoisotopic (exact) mass is 341 g/mol. The summed E-state index contributed by atoms with van der Waals surface area (Å²) < 4.78 is 5.36. The third-order valence-corrected chi connectivity index (χ3v) is 4.57. The molecule has 2 rings (SSSR count). The van der Waals surface area contributed by atoms with Crippen molar-refractivity contribution in [1.29, 1.82) is 0 Å². The van der Waals surface area contributed by atoms with Crippen LogP contribution in [0.3, 0.4) is 0 Å². The molecule has 2 amide bonds. The second-order valence-corrected chi connectivity index (χ2v) is 7.61. The Morgan fingerprint density at radius 3 is 2.38 bits per heavy atom. The van der Waals surface area contributed by atoms with Crippen LogP contribution in [0.25, 0.3) is 0 Å². The number of hydrogen-bond acceptors (Lipinski definition) is 6. The van der Waals surface area contributed by atoms with Gasteiger partial charge in [-0.25, -0.2) is 4.79 Å². The number of ketones is 1. The lowest BCUT2D eigenvalue weighted by Crippen LogP contribution is -2.74. The van der Waals surface area contributed by atoms with E-state index < -0.39 is 35.3 Å². The highest BCUT2D eigenvalue weighted by molar-refractivity contribution is 5.99. The lowest BCUT2D eigenvalue weighted by atomic mass is 9.72. The molecule has 0 radical (unpaired) electrons. The summed E-state index contributed by atoms with van der Waals surface area (Å²) in [6.07, 6.45) is -0.638. The second kappa shape index (κ2) is 6.33. The number of hydrogen-bond donors (Lipinski definition) is 2. The van der Waals surface area contributed by atoms with Crippen molar-refractivity contribution < 1.29 is 24.2 Å². The summed E-state index contributed by atoms with van der Waals surface area (Å²) >= 11 is 0. The number of nitrogens with two attached hydrogens (primary N) is 1. The van der Waals surface area contributed by atoms with Crippen LogP contribution in [0.2, 0.25) is 0 Å². The SMILES string of the molecule is C[C@@H](O)[C@H](N)C(=O)N1CCN(C(=O)OC(C)(C)C)CC12CCC2=O. The highest BCUT2D eigenvalue weighted by Crippen LogP contribution is 2.38. The Morgan fingerprint density at radius 2 is 1.96 bits per heavy atom. The molecule has 1 saturated carbocycles. The van der Waals surface area contributed by atoms with E-state index in [0.717, 1.165) is 0 Å². The number of nitrogens with zero attached hydrogens (tertiary/aromatic N) is 2. The van der Waals surface area contributed by atoms with Crippen LogP contribution in [0.4, 0.5) is 4.79 Å². The Bertz CT molecular complexity index is 542. The first-order chi connectivity index (χ1) is 11.0. The van der Waals surface area contributed by atoms with E-state index in [2.05, 4.69) is 0 Å². The number of carbonyl (C=O) groups excluding carboxylic acids is 3. The number of carbonyl (C=O) groups is 3. The zero-order valence-electron chi connectivity index (χ0n) is 14.7. The Morgan fingerprint density at radius 1 is 1.33 bits per heavy atom. The zero-order valence-corrected chi connectivity index (χ0v) is 14.7. The number of amides is 2. The molecule has 1 aliphatic carbocycles. The third-order valence-electron chi connectivity index (χ3n) is 4.57. The molecule has 136 valence electrons. The van der Waals surface area contributed by atoms with Crippen LogP contribution in [0, 0.1) is 0 Å². The van der Waals surface area contributed by atoms with Crippen LogP contribution in [-0.2, 0) is 14.3 Å². The average Bonchev–Trinajstić information content (AvgIpc) is 2.49. The maximum absolute atomic E-state index is 12.6. The highest BCUT2D eigenvalue weighted by Gasteiger charge is 2.56. The number of aliphatic hydroxyl groups is 1. The van der Waals surface area contributed by atoms with E-state index in [1.165, 1.54) is 16.7 Å².